The molecule has 2 aliphatic rings. The Bertz CT molecular complexity index is 866. The van der Waals surface area contributed by atoms with E-state index in [2.05, 4.69) is 15.5 Å². The molecule has 26 heavy (non-hydrogen) atoms. The molecule has 0 N–H and O–H groups in total. The molecule has 2 fully saturated rings. The van der Waals surface area contributed by atoms with Gasteiger partial charge in [-0.2, -0.15) is 0 Å². The van der Waals surface area contributed by atoms with Gasteiger partial charge in [-0.3, -0.25) is 0 Å². The molecule has 1 aromatic heterocycles. The molecule has 2 aliphatic carbocycles. The van der Waals surface area contributed by atoms with Gasteiger partial charge in [0.25, 0.3) is 0 Å². The van der Waals surface area contributed by atoms with Gasteiger partial charge < -0.3 is 4.55 Å². The monoisotopic (exact) mass is 385 g/mol. The van der Waals surface area contributed by atoms with Crippen molar-refractivity contribution in [2.75, 3.05) is 0 Å². The smallest absolute Gasteiger partial charge is 0.744 e. The van der Waals surface area contributed by atoms with Crippen molar-refractivity contribution in [1.82, 2.24) is 4.57 Å². The van der Waals surface area contributed by atoms with Crippen molar-refractivity contribution in [3.05, 3.63) is 24.5 Å². The van der Waals surface area contributed by atoms with Gasteiger partial charge in [-0.1, -0.05) is 12.8 Å². The van der Waals surface area contributed by atoms with Crippen molar-refractivity contribution < 1.29 is 47.1 Å². The third-order valence-electron chi connectivity index (χ3n) is 5.98. The molecule has 0 spiro atoms. The summed E-state index contributed by atoms with van der Waals surface area (Å²) in [5.41, 5.74) is 1.96. The second kappa shape index (κ2) is 8.31. The van der Waals surface area contributed by atoms with Gasteiger partial charge in [-0.25, -0.2) is 17.6 Å². The number of imidazole rings is 1. The van der Waals surface area contributed by atoms with Gasteiger partial charge >= 0.3 is 29.6 Å². The molecule has 0 radical (unpaired) electrons. The summed E-state index contributed by atoms with van der Waals surface area (Å²) in [7, 11) is -4.43. The molecule has 0 amide bonds. The Morgan fingerprint density at radius 1 is 0.962 bits per heavy atom. The molecule has 5 nitrogen and oxygen atoms in total. The first-order valence-corrected chi connectivity index (χ1v) is 11.0. The topological polar surface area (TPSA) is 66.0 Å². The van der Waals surface area contributed by atoms with Crippen molar-refractivity contribution in [2.45, 2.75) is 81.2 Å². The average molecular weight is 385 g/mol. The second-order valence-corrected chi connectivity index (χ2v) is 9.00. The molecular weight excluding hydrogens is 359 g/mol. The van der Waals surface area contributed by atoms with Crippen LogP contribution in [0.4, 0.5) is 0 Å². The molecule has 0 bridgehead atoms. The fraction of sp³-hybridized carbons (Fsp3) is 0.632. The molecule has 136 valence electrons. The molecule has 0 saturated heterocycles. The van der Waals surface area contributed by atoms with Crippen molar-refractivity contribution in [1.29, 1.82) is 0 Å². The summed E-state index contributed by atoms with van der Waals surface area (Å²) in [4.78, 5) is -0.119. The normalized spacial score (nSPS) is 20.2. The first-order chi connectivity index (χ1) is 12.0. The molecular formula is C19H26N2NaO3S+. The SMILES string of the molecule is O=S(=O)([O-])c1ccc2c(c1)n(C1CCCCC1)c[n+]2C1CCCCC1.[Na+]. The van der Waals surface area contributed by atoms with Crippen LogP contribution in [-0.4, -0.2) is 17.5 Å². The molecule has 0 aliphatic heterocycles. The summed E-state index contributed by atoms with van der Waals surface area (Å²) < 4.78 is 39.1. The van der Waals surface area contributed by atoms with E-state index in [0.717, 1.165) is 23.9 Å². The standard InChI is InChI=1S/C19H26N2O3S.Na/c22-25(23,24)17-11-12-18-19(13-17)21(16-9-5-2-6-10-16)14-20(18)15-7-3-1-4-8-15;/h11-16H,1-10H2;/q;+1. The Morgan fingerprint density at radius 2 is 1.58 bits per heavy atom. The second-order valence-electron chi connectivity index (χ2n) is 7.62. The van der Waals surface area contributed by atoms with Crippen LogP contribution in [0.3, 0.4) is 0 Å². The zero-order chi connectivity index (χ0) is 17.4. The number of rotatable bonds is 3. The fourth-order valence-electron chi connectivity index (χ4n) is 4.64. The molecule has 2 aromatic rings. The maximum absolute atomic E-state index is 11.5. The van der Waals surface area contributed by atoms with E-state index in [1.54, 1.807) is 6.07 Å². The molecule has 0 unspecified atom stereocenters. The van der Waals surface area contributed by atoms with Gasteiger partial charge in [-0.05, 0) is 63.5 Å². The van der Waals surface area contributed by atoms with Gasteiger partial charge in [0, 0.05) is 6.07 Å². The van der Waals surface area contributed by atoms with E-state index < -0.39 is 10.1 Å². The largest absolute Gasteiger partial charge is 1.00 e. The Balaban J connectivity index is 0.00000196. The van der Waals surface area contributed by atoms with E-state index >= 15 is 0 Å². The zero-order valence-electron chi connectivity index (χ0n) is 15.6. The fourth-order valence-corrected chi connectivity index (χ4v) is 5.13. The van der Waals surface area contributed by atoms with Crippen molar-refractivity contribution in [2.24, 2.45) is 0 Å². The van der Waals surface area contributed by atoms with E-state index in [9.17, 15) is 13.0 Å². The van der Waals surface area contributed by atoms with E-state index in [1.807, 2.05) is 6.07 Å². The summed E-state index contributed by atoms with van der Waals surface area (Å²) in [5, 5.41) is 0. The molecule has 7 heteroatoms. The predicted molar refractivity (Wildman–Crippen MR) is 94.3 cm³/mol. The third-order valence-corrected chi connectivity index (χ3v) is 6.81. The summed E-state index contributed by atoms with van der Waals surface area (Å²) in [6.45, 7) is 0. The Hall–Kier alpha value is -0.400. The Kier molecular flexibility index (Phi) is 6.50. The van der Waals surface area contributed by atoms with Gasteiger partial charge in [0.2, 0.25) is 6.33 Å². The Labute approximate surface area is 177 Å². The van der Waals surface area contributed by atoms with Crippen LogP contribution in [0.5, 0.6) is 0 Å². The number of aromatic nitrogens is 2. The number of benzene rings is 1. The maximum Gasteiger partial charge on any atom is 1.00 e. The first kappa shape index (κ1) is 20.3. The van der Waals surface area contributed by atoms with Crippen molar-refractivity contribution in [3.63, 3.8) is 0 Å². The van der Waals surface area contributed by atoms with Crippen LogP contribution >= 0.6 is 0 Å². The predicted octanol–water partition coefficient (Wildman–Crippen LogP) is 0.847. The summed E-state index contributed by atoms with van der Waals surface area (Å²) in [5.74, 6) is 0. The van der Waals surface area contributed by atoms with Gasteiger partial charge in [0.05, 0.1) is 4.90 Å². The molecule has 1 heterocycles. The van der Waals surface area contributed by atoms with Crippen LogP contribution in [0.2, 0.25) is 0 Å². The summed E-state index contributed by atoms with van der Waals surface area (Å²) in [6.07, 6.45) is 14.3. The minimum Gasteiger partial charge on any atom is -0.744 e. The van der Waals surface area contributed by atoms with E-state index in [0.29, 0.717) is 12.1 Å². The first-order valence-electron chi connectivity index (χ1n) is 9.56. The molecule has 4 rings (SSSR count). The van der Waals surface area contributed by atoms with E-state index in [1.165, 1.54) is 57.4 Å². The quantitative estimate of drug-likeness (QED) is 0.447. The summed E-state index contributed by atoms with van der Waals surface area (Å²) >= 11 is 0. The third kappa shape index (κ3) is 4.04. The average Bonchev–Trinajstić information content (AvgIpc) is 3.01. The number of fused-ring (bicyclic) bond motifs is 1. The van der Waals surface area contributed by atoms with Crippen LogP contribution in [0.15, 0.2) is 29.4 Å². The maximum atomic E-state index is 11.5. The number of hydrogen-bond acceptors (Lipinski definition) is 3. The van der Waals surface area contributed by atoms with Crippen LogP contribution < -0.4 is 34.1 Å². The zero-order valence-corrected chi connectivity index (χ0v) is 18.4. The van der Waals surface area contributed by atoms with Crippen molar-refractivity contribution >= 4 is 21.2 Å². The van der Waals surface area contributed by atoms with Crippen molar-refractivity contribution in [3.8, 4) is 0 Å². The van der Waals surface area contributed by atoms with E-state index in [-0.39, 0.29) is 34.5 Å². The molecule has 2 saturated carbocycles. The Morgan fingerprint density at radius 3 is 2.19 bits per heavy atom. The molecule has 1 aromatic carbocycles. The summed E-state index contributed by atoms with van der Waals surface area (Å²) in [6, 6.07) is 5.77. The van der Waals surface area contributed by atoms with Crippen LogP contribution in [0, 0.1) is 0 Å². The van der Waals surface area contributed by atoms with Gasteiger partial charge in [0.1, 0.15) is 22.2 Å². The minimum absolute atomic E-state index is 0. The van der Waals surface area contributed by atoms with Gasteiger partial charge in [0.15, 0.2) is 11.0 Å². The van der Waals surface area contributed by atoms with Crippen LogP contribution in [0.25, 0.3) is 11.0 Å². The minimum atomic E-state index is -4.43. The molecule has 0 atom stereocenters. The van der Waals surface area contributed by atoms with Crippen LogP contribution in [0.1, 0.15) is 76.3 Å². The number of hydrogen-bond donors (Lipinski definition) is 0. The van der Waals surface area contributed by atoms with Gasteiger partial charge in [-0.15, -0.1) is 0 Å². The van der Waals surface area contributed by atoms with Crippen LogP contribution in [-0.2, 0) is 10.1 Å². The van der Waals surface area contributed by atoms with E-state index in [4.69, 9.17) is 0 Å². The number of nitrogens with zero attached hydrogens (tertiary/aromatic N) is 2.